The molecular formula is C16H16N2O7S. The van der Waals surface area contributed by atoms with Gasteiger partial charge in [0.2, 0.25) is 10.0 Å². The third-order valence-corrected chi connectivity index (χ3v) is 4.91. The maximum absolute atomic E-state index is 12.2. The summed E-state index contributed by atoms with van der Waals surface area (Å²) >= 11 is 0. The Balaban J connectivity index is 2.17. The molecule has 9 nitrogen and oxygen atoms in total. The number of benzene rings is 2. The lowest BCUT2D eigenvalue weighted by molar-refractivity contribution is -0.384. The van der Waals surface area contributed by atoms with Gasteiger partial charge in [-0.3, -0.25) is 10.1 Å². The van der Waals surface area contributed by atoms with Crippen molar-refractivity contribution in [2.75, 3.05) is 14.2 Å². The number of non-ortho nitro benzene ring substituents is 1. The first kappa shape index (κ1) is 19.3. The number of rotatable bonds is 7. The summed E-state index contributed by atoms with van der Waals surface area (Å²) in [5, 5.41) is 10.6. The number of carbonyl (C=O) groups excluding carboxylic acids is 1. The number of methoxy groups -OCH3 is 1. The van der Waals surface area contributed by atoms with Gasteiger partial charge in [0.25, 0.3) is 5.69 Å². The first-order chi connectivity index (χ1) is 12.3. The van der Waals surface area contributed by atoms with E-state index in [2.05, 4.69) is 4.72 Å². The molecule has 0 aliphatic carbocycles. The molecular weight excluding hydrogens is 364 g/mol. The highest BCUT2D eigenvalue weighted by molar-refractivity contribution is 7.89. The van der Waals surface area contributed by atoms with Crippen LogP contribution in [0.4, 0.5) is 5.69 Å². The van der Waals surface area contributed by atoms with Crippen molar-refractivity contribution in [2.24, 2.45) is 0 Å². The van der Waals surface area contributed by atoms with Crippen LogP contribution in [-0.4, -0.2) is 33.5 Å². The summed E-state index contributed by atoms with van der Waals surface area (Å²) in [4.78, 5) is 22.1. The second kappa shape index (κ2) is 7.93. The van der Waals surface area contributed by atoms with Gasteiger partial charge >= 0.3 is 5.97 Å². The fraction of sp³-hybridized carbons (Fsp3) is 0.188. The Hall–Kier alpha value is -2.98. The molecule has 2 rings (SSSR count). The van der Waals surface area contributed by atoms with Crippen molar-refractivity contribution in [3.63, 3.8) is 0 Å². The summed E-state index contributed by atoms with van der Waals surface area (Å²) in [6, 6.07) is 9.43. The number of carbonyl (C=O) groups is 1. The number of nitrogens with one attached hydrogen (secondary N) is 1. The Morgan fingerprint density at radius 3 is 2.38 bits per heavy atom. The fourth-order valence-corrected chi connectivity index (χ4v) is 2.99. The van der Waals surface area contributed by atoms with Gasteiger partial charge in [-0.05, 0) is 42.9 Å². The van der Waals surface area contributed by atoms with Crippen molar-refractivity contribution in [1.29, 1.82) is 0 Å². The van der Waals surface area contributed by atoms with E-state index in [1.807, 2.05) is 0 Å². The smallest absolute Gasteiger partial charge is 0.338 e. The van der Waals surface area contributed by atoms with E-state index in [-0.39, 0.29) is 28.5 Å². The molecule has 0 spiro atoms. The van der Waals surface area contributed by atoms with Gasteiger partial charge < -0.3 is 9.47 Å². The summed E-state index contributed by atoms with van der Waals surface area (Å²) in [7, 11) is -1.26. The lowest BCUT2D eigenvalue weighted by atomic mass is 10.2. The maximum atomic E-state index is 12.2. The average Bonchev–Trinajstić information content (AvgIpc) is 2.65. The van der Waals surface area contributed by atoms with Crippen LogP contribution in [0, 0.1) is 10.1 Å². The normalized spacial score (nSPS) is 11.0. The number of esters is 1. The average molecular weight is 380 g/mol. The molecule has 0 radical (unpaired) electrons. The second-order valence-corrected chi connectivity index (χ2v) is 6.93. The molecule has 0 atom stereocenters. The maximum Gasteiger partial charge on any atom is 0.338 e. The number of hydrogen-bond acceptors (Lipinski definition) is 7. The molecule has 0 unspecified atom stereocenters. The second-order valence-electron chi connectivity index (χ2n) is 5.07. The first-order valence-corrected chi connectivity index (χ1v) is 8.79. The molecule has 26 heavy (non-hydrogen) atoms. The highest BCUT2D eigenvalue weighted by Gasteiger charge is 2.20. The number of nitro benzene ring substituents is 1. The lowest BCUT2D eigenvalue weighted by Crippen LogP contribution is -2.20. The zero-order chi connectivity index (χ0) is 19.3. The van der Waals surface area contributed by atoms with E-state index >= 15 is 0 Å². The number of sulfonamides is 1. The van der Waals surface area contributed by atoms with Crippen LogP contribution in [-0.2, 0) is 21.4 Å². The molecule has 2 aromatic rings. The third kappa shape index (κ3) is 4.35. The topological polar surface area (TPSA) is 125 Å². The van der Waals surface area contributed by atoms with Gasteiger partial charge in [-0.25, -0.2) is 17.9 Å². The predicted molar refractivity (Wildman–Crippen MR) is 91.5 cm³/mol. The van der Waals surface area contributed by atoms with E-state index in [4.69, 9.17) is 9.47 Å². The van der Waals surface area contributed by atoms with Crippen molar-refractivity contribution in [2.45, 2.75) is 11.5 Å². The zero-order valence-corrected chi connectivity index (χ0v) is 14.8. The molecule has 0 aliphatic rings. The molecule has 0 saturated heterocycles. The highest BCUT2D eigenvalue weighted by Crippen LogP contribution is 2.25. The van der Waals surface area contributed by atoms with Crippen molar-refractivity contribution < 1.29 is 27.6 Å². The van der Waals surface area contributed by atoms with Crippen LogP contribution < -0.4 is 9.46 Å². The molecule has 0 saturated carbocycles. The van der Waals surface area contributed by atoms with Gasteiger partial charge in [-0.2, -0.15) is 0 Å². The Labute approximate surface area is 149 Å². The van der Waals surface area contributed by atoms with Gasteiger partial charge in [-0.1, -0.05) is 0 Å². The van der Waals surface area contributed by atoms with Crippen molar-refractivity contribution in [1.82, 2.24) is 4.72 Å². The van der Waals surface area contributed by atoms with Gasteiger partial charge in [0.1, 0.15) is 17.3 Å². The fourth-order valence-electron chi connectivity index (χ4n) is 2.07. The molecule has 0 amide bonds. The van der Waals surface area contributed by atoms with Crippen LogP contribution in [0.1, 0.15) is 15.9 Å². The Morgan fingerprint density at radius 2 is 1.85 bits per heavy atom. The molecule has 0 fully saturated rings. The number of nitro groups is 1. The van der Waals surface area contributed by atoms with Crippen LogP contribution >= 0.6 is 0 Å². The molecule has 1 N–H and O–H groups in total. The minimum Gasteiger partial charge on any atom is -0.495 e. The first-order valence-electron chi connectivity index (χ1n) is 7.30. The van der Waals surface area contributed by atoms with E-state index in [0.717, 1.165) is 6.07 Å². The van der Waals surface area contributed by atoms with Crippen LogP contribution in [0.25, 0.3) is 0 Å². The Morgan fingerprint density at radius 1 is 1.19 bits per heavy atom. The van der Waals surface area contributed by atoms with Gasteiger partial charge in [-0.15, -0.1) is 0 Å². The van der Waals surface area contributed by atoms with E-state index in [1.54, 1.807) is 0 Å². The third-order valence-electron chi connectivity index (χ3n) is 3.47. The minimum atomic E-state index is -3.82. The standard InChI is InChI=1S/C16H16N2O7S/c1-17-26(22,23)15-9-12(5-8-14(15)24-2)16(19)25-10-11-3-6-13(7-4-11)18(20)21/h3-9,17H,10H2,1-2H3. The Kier molecular flexibility index (Phi) is 5.90. The largest absolute Gasteiger partial charge is 0.495 e. The number of hydrogen-bond donors (Lipinski definition) is 1. The van der Waals surface area contributed by atoms with E-state index in [1.165, 1.54) is 50.6 Å². The highest BCUT2D eigenvalue weighted by atomic mass is 32.2. The molecule has 2 aromatic carbocycles. The molecule has 0 bridgehead atoms. The monoisotopic (exact) mass is 380 g/mol. The lowest BCUT2D eigenvalue weighted by Gasteiger charge is -2.11. The van der Waals surface area contributed by atoms with Gasteiger partial charge in [0, 0.05) is 12.1 Å². The summed E-state index contributed by atoms with van der Waals surface area (Å²) in [6.45, 7) is -0.114. The summed E-state index contributed by atoms with van der Waals surface area (Å²) in [6.07, 6.45) is 0. The molecule has 10 heteroatoms. The molecule has 138 valence electrons. The van der Waals surface area contributed by atoms with E-state index in [0.29, 0.717) is 5.56 Å². The van der Waals surface area contributed by atoms with Crippen molar-refractivity contribution in [3.05, 3.63) is 63.7 Å². The predicted octanol–water partition coefficient (Wildman–Crippen LogP) is 1.87. The number of ether oxygens (including phenoxy) is 2. The van der Waals surface area contributed by atoms with Crippen LogP contribution in [0.5, 0.6) is 5.75 Å². The Bertz CT molecular complexity index is 924. The van der Waals surface area contributed by atoms with Crippen LogP contribution in [0.15, 0.2) is 47.4 Å². The minimum absolute atomic E-state index is 0.0292. The van der Waals surface area contributed by atoms with Crippen molar-refractivity contribution >= 4 is 21.7 Å². The quantitative estimate of drug-likeness (QED) is 0.441. The van der Waals surface area contributed by atoms with E-state index < -0.39 is 20.9 Å². The summed E-state index contributed by atoms with van der Waals surface area (Å²) in [5.74, 6) is -0.648. The van der Waals surface area contributed by atoms with Gasteiger partial charge in [0.05, 0.1) is 17.6 Å². The van der Waals surface area contributed by atoms with Gasteiger partial charge in [0.15, 0.2) is 0 Å². The van der Waals surface area contributed by atoms with Crippen LogP contribution in [0.3, 0.4) is 0 Å². The van der Waals surface area contributed by atoms with E-state index in [9.17, 15) is 23.3 Å². The molecule has 0 aromatic heterocycles. The molecule has 0 aliphatic heterocycles. The summed E-state index contributed by atoms with van der Waals surface area (Å²) in [5.41, 5.74) is 0.513. The SMILES string of the molecule is CNS(=O)(=O)c1cc(C(=O)OCc2ccc([N+](=O)[O-])cc2)ccc1OC. The van der Waals surface area contributed by atoms with Crippen LogP contribution in [0.2, 0.25) is 0 Å². The van der Waals surface area contributed by atoms with Crippen molar-refractivity contribution in [3.8, 4) is 5.75 Å². The molecule has 0 heterocycles. The zero-order valence-electron chi connectivity index (χ0n) is 14.0. The number of nitrogens with zero attached hydrogens (tertiary/aromatic N) is 1. The summed E-state index contributed by atoms with van der Waals surface area (Å²) < 4.78 is 36.3.